The van der Waals surface area contributed by atoms with E-state index in [9.17, 15) is 19.0 Å². The molecule has 0 amide bonds. The lowest BCUT2D eigenvalue weighted by molar-refractivity contribution is -0.161. The minimum Gasteiger partial charge on any atom is -0.462 e. The molecule has 0 aromatic carbocycles. The number of carbonyl (C=O) groups excluding carboxylic acids is 2. The molecule has 9 nitrogen and oxygen atoms in total. The maximum Gasteiger partial charge on any atom is 0.472 e. The lowest BCUT2D eigenvalue weighted by Crippen LogP contribution is -2.29. The van der Waals surface area contributed by atoms with E-state index in [1.807, 2.05) is 0 Å². The summed E-state index contributed by atoms with van der Waals surface area (Å²) in [7, 11) is -4.38. The fourth-order valence-corrected chi connectivity index (χ4v) is 9.06. The van der Waals surface area contributed by atoms with Crippen molar-refractivity contribution in [3.63, 3.8) is 0 Å². The number of carbonyl (C=O) groups is 2. The van der Waals surface area contributed by atoms with Gasteiger partial charge < -0.3 is 20.1 Å². The fourth-order valence-electron chi connectivity index (χ4n) is 8.29. The highest BCUT2D eigenvalue weighted by molar-refractivity contribution is 7.47. The number of hydrogen-bond acceptors (Lipinski definition) is 8. The Morgan fingerprint density at radius 1 is 0.448 bits per heavy atom. The van der Waals surface area contributed by atoms with E-state index in [0.29, 0.717) is 6.42 Å². The van der Waals surface area contributed by atoms with Gasteiger partial charge in [0.25, 0.3) is 0 Å². The van der Waals surface area contributed by atoms with Crippen molar-refractivity contribution >= 4 is 19.8 Å². The van der Waals surface area contributed by atoms with Gasteiger partial charge >= 0.3 is 19.8 Å². The largest absolute Gasteiger partial charge is 0.472 e. The number of phosphoric acid groups is 1. The smallest absolute Gasteiger partial charge is 0.462 e. The van der Waals surface area contributed by atoms with Gasteiger partial charge in [-0.1, -0.05) is 256 Å². The van der Waals surface area contributed by atoms with Gasteiger partial charge in [-0.25, -0.2) is 4.57 Å². The zero-order valence-corrected chi connectivity index (χ0v) is 44.8. The highest BCUT2D eigenvalue weighted by atomic mass is 31.2. The molecule has 2 unspecified atom stereocenters. The second kappa shape index (κ2) is 53.6. The summed E-state index contributed by atoms with van der Waals surface area (Å²) < 4.78 is 33.0. The van der Waals surface area contributed by atoms with Crippen molar-refractivity contribution in [2.75, 3.05) is 26.4 Å². The molecule has 10 heteroatoms. The predicted octanol–water partition coefficient (Wildman–Crippen LogP) is 17.6. The van der Waals surface area contributed by atoms with Crippen LogP contribution in [-0.2, 0) is 32.7 Å². The molecule has 0 aromatic rings. The molecule has 0 saturated carbocycles. The summed E-state index contributed by atoms with van der Waals surface area (Å²) in [6, 6.07) is 0. The molecule has 0 spiro atoms. The average molecular weight is 966 g/mol. The number of allylic oxidation sites excluding steroid dienone is 6. The van der Waals surface area contributed by atoms with Crippen molar-refractivity contribution < 1.29 is 37.6 Å². The number of rotatable bonds is 54. The predicted molar refractivity (Wildman–Crippen MR) is 284 cm³/mol. The first-order valence-electron chi connectivity index (χ1n) is 28.5. The van der Waals surface area contributed by atoms with E-state index in [4.69, 9.17) is 24.3 Å². The Morgan fingerprint density at radius 2 is 0.776 bits per heavy atom. The first-order chi connectivity index (χ1) is 32.8. The Labute approximate surface area is 414 Å². The summed E-state index contributed by atoms with van der Waals surface area (Å²) in [6.07, 6.45) is 63.5. The van der Waals surface area contributed by atoms with E-state index in [0.717, 1.165) is 44.9 Å². The van der Waals surface area contributed by atoms with Gasteiger partial charge in [0.2, 0.25) is 0 Å². The number of phosphoric ester groups is 1. The van der Waals surface area contributed by atoms with E-state index in [2.05, 4.69) is 50.3 Å². The molecule has 67 heavy (non-hydrogen) atoms. The highest BCUT2D eigenvalue weighted by Crippen LogP contribution is 2.43. The molecule has 2 atom stereocenters. The van der Waals surface area contributed by atoms with E-state index < -0.39 is 26.5 Å². The molecule has 0 radical (unpaired) electrons. The van der Waals surface area contributed by atoms with Gasteiger partial charge in [0.1, 0.15) is 6.61 Å². The van der Waals surface area contributed by atoms with Crippen LogP contribution in [0.4, 0.5) is 0 Å². The minimum absolute atomic E-state index is 0.0557. The molecule has 0 aliphatic carbocycles. The minimum atomic E-state index is -4.38. The summed E-state index contributed by atoms with van der Waals surface area (Å²) >= 11 is 0. The molecular formula is C57H108NO8P. The molecule has 0 fully saturated rings. The third-order valence-corrected chi connectivity index (χ3v) is 13.5. The lowest BCUT2D eigenvalue weighted by atomic mass is 10.0. The lowest BCUT2D eigenvalue weighted by Gasteiger charge is -2.19. The van der Waals surface area contributed by atoms with Crippen molar-refractivity contribution in [3.05, 3.63) is 36.5 Å². The third kappa shape index (κ3) is 53.4. The summed E-state index contributed by atoms with van der Waals surface area (Å²) in [5.74, 6) is -0.814. The molecule has 0 bridgehead atoms. The van der Waals surface area contributed by atoms with Crippen molar-refractivity contribution in [1.29, 1.82) is 0 Å². The number of nitrogens with two attached hydrogens (primary N) is 1. The normalized spacial score (nSPS) is 13.3. The summed E-state index contributed by atoms with van der Waals surface area (Å²) in [4.78, 5) is 35.1. The summed E-state index contributed by atoms with van der Waals surface area (Å²) in [5.41, 5.74) is 5.37. The molecule has 0 aromatic heterocycles. The topological polar surface area (TPSA) is 134 Å². The first-order valence-corrected chi connectivity index (χ1v) is 30.0. The average Bonchev–Trinajstić information content (AvgIpc) is 3.32. The van der Waals surface area contributed by atoms with Crippen LogP contribution in [0.5, 0.6) is 0 Å². The third-order valence-electron chi connectivity index (χ3n) is 12.5. The monoisotopic (exact) mass is 966 g/mol. The Kier molecular flexibility index (Phi) is 52.2. The maximum absolute atomic E-state index is 12.7. The Bertz CT molecular complexity index is 1190. The van der Waals surface area contributed by atoms with Crippen LogP contribution in [0.2, 0.25) is 0 Å². The number of ether oxygens (including phenoxy) is 2. The molecule has 3 N–H and O–H groups in total. The van der Waals surface area contributed by atoms with Crippen LogP contribution in [0.15, 0.2) is 36.5 Å². The zero-order valence-electron chi connectivity index (χ0n) is 43.9. The van der Waals surface area contributed by atoms with Crippen LogP contribution < -0.4 is 5.73 Å². The first kappa shape index (κ1) is 65.2. The van der Waals surface area contributed by atoms with Gasteiger partial charge in [-0.15, -0.1) is 0 Å². The van der Waals surface area contributed by atoms with Crippen LogP contribution in [0, 0.1) is 0 Å². The Morgan fingerprint density at radius 3 is 1.15 bits per heavy atom. The van der Waals surface area contributed by atoms with Gasteiger partial charge in [-0.05, 0) is 51.4 Å². The SMILES string of the molecule is CCCCCCC/C=C\C/C=C\C/C=C\CCCCCCCCCCCCCCCCCCCCC(=O)OC(COC(=O)CCCCCCCCCCCCCCC)COP(=O)(O)OCCN. The van der Waals surface area contributed by atoms with Gasteiger partial charge in [-0.2, -0.15) is 0 Å². The van der Waals surface area contributed by atoms with Crippen molar-refractivity contribution in [2.45, 2.75) is 290 Å². The fraction of sp³-hybridized carbons (Fsp3) is 0.860. The molecule has 0 saturated heterocycles. The Hall–Kier alpha value is -1.77. The number of esters is 2. The number of hydrogen-bond donors (Lipinski definition) is 2. The molecular weight excluding hydrogens is 858 g/mol. The zero-order chi connectivity index (χ0) is 48.8. The van der Waals surface area contributed by atoms with Gasteiger partial charge in [0.05, 0.1) is 13.2 Å². The standard InChI is InChI=1S/C57H108NO8P/c1-3-5-7-9-11-13-15-17-18-19-20-21-22-23-24-25-26-27-28-29-30-31-32-33-34-35-36-38-40-42-44-46-48-50-57(60)66-55(54-65-67(61,62)64-52-51-58)53-63-56(59)49-47-45-43-41-39-37-16-14-12-10-8-6-4-2/h15,17,19-20,22-23,55H,3-14,16,18,21,24-54,58H2,1-2H3,(H,61,62)/b17-15-,20-19-,23-22-. The van der Waals surface area contributed by atoms with E-state index in [1.54, 1.807) is 0 Å². The second-order valence-corrected chi connectivity index (χ2v) is 20.6. The van der Waals surface area contributed by atoms with Crippen LogP contribution >= 0.6 is 7.82 Å². The van der Waals surface area contributed by atoms with Gasteiger partial charge in [0, 0.05) is 19.4 Å². The van der Waals surface area contributed by atoms with Crippen LogP contribution in [0.3, 0.4) is 0 Å². The van der Waals surface area contributed by atoms with Crippen LogP contribution in [0.25, 0.3) is 0 Å². The summed E-state index contributed by atoms with van der Waals surface area (Å²) in [5, 5.41) is 0. The van der Waals surface area contributed by atoms with Crippen LogP contribution in [0.1, 0.15) is 284 Å². The molecule has 0 rings (SSSR count). The second-order valence-electron chi connectivity index (χ2n) is 19.2. The highest BCUT2D eigenvalue weighted by Gasteiger charge is 2.26. The van der Waals surface area contributed by atoms with E-state index in [-0.39, 0.29) is 38.6 Å². The quantitative estimate of drug-likeness (QED) is 0.0264. The van der Waals surface area contributed by atoms with Crippen LogP contribution in [-0.4, -0.2) is 49.3 Å². The molecule has 394 valence electrons. The van der Waals surface area contributed by atoms with Crippen molar-refractivity contribution in [3.8, 4) is 0 Å². The van der Waals surface area contributed by atoms with Gasteiger partial charge in [0.15, 0.2) is 6.10 Å². The summed E-state index contributed by atoms with van der Waals surface area (Å²) in [6.45, 7) is 3.76. The Balaban J connectivity index is 3.85. The van der Waals surface area contributed by atoms with Crippen molar-refractivity contribution in [2.24, 2.45) is 5.73 Å². The van der Waals surface area contributed by atoms with Gasteiger partial charge in [-0.3, -0.25) is 18.6 Å². The molecule has 0 aliphatic rings. The van der Waals surface area contributed by atoms with E-state index in [1.165, 1.54) is 205 Å². The maximum atomic E-state index is 12.7. The molecule has 0 aliphatic heterocycles. The number of unbranched alkanes of at least 4 members (excludes halogenated alkanes) is 35. The van der Waals surface area contributed by atoms with E-state index >= 15 is 0 Å². The molecule has 0 heterocycles. The van der Waals surface area contributed by atoms with Crippen molar-refractivity contribution in [1.82, 2.24) is 0 Å².